The number of aryl methyl sites for hydroxylation is 1. The number of amides is 2. The van der Waals surface area contributed by atoms with E-state index in [1.54, 1.807) is 49.6 Å². The number of carbonyl (C=O) groups excluding carboxylic acids is 2. The molecule has 2 N–H and O–H groups in total. The number of nitrogens with zero attached hydrogens (tertiary/aromatic N) is 6. The molecule has 2 amide bonds. The van der Waals surface area contributed by atoms with Crippen LogP contribution < -0.4 is 15.4 Å². The maximum Gasteiger partial charge on any atom is 0.259 e. The van der Waals surface area contributed by atoms with Crippen LogP contribution in [0, 0.1) is 6.92 Å². The molecule has 11 nitrogen and oxygen atoms in total. The first kappa shape index (κ1) is 37.8. The molecule has 0 fully saturated rings. The highest BCUT2D eigenvalue weighted by atomic mass is 35.5. The molecule has 0 aliphatic heterocycles. The van der Waals surface area contributed by atoms with Crippen molar-refractivity contribution in [3.05, 3.63) is 185 Å². The van der Waals surface area contributed by atoms with Crippen molar-refractivity contribution in [2.75, 3.05) is 17.7 Å². The Kier molecular flexibility index (Phi) is 9.06. The maximum absolute atomic E-state index is 13.2. The number of methoxy groups -OCH3 is 1. The average Bonchev–Trinajstić information content (AvgIpc) is 3.87. The summed E-state index contributed by atoms with van der Waals surface area (Å²) >= 11 is 6.33. The third kappa shape index (κ3) is 6.62. The van der Waals surface area contributed by atoms with Gasteiger partial charge in [-0.1, -0.05) is 102 Å². The fraction of sp³-hybridized carbons (Fsp3) is 0.0588. The SMILES string of the molecule is COc1ccccc1C(=O)Nc1ccc2c(c1)nc1c3ccccc3c(Cc3ccc4c(-c5ccc(C)cc5)nn5c6ccc(NC(=O)c7ccccc7Cl)cc6nc5c4c3)nn21. The average molecular weight is 843 g/mol. The lowest BCUT2D eigenvalue weighted by molar-refractivity contribution is 0.101. The van der Waals surface area contributed by atoms with E-state index in [4.69, 9.17) is 36.5 Å². The van der Waals surface area contributed by atoms with Crippen LogP contribution in [0.1, 0.15) is 37.5 Å². The van der Waals surface area contributed by atoms with Crippen LogP contribution in [0.2, 0.25) is 5.02 Å². The Bertz CT molecular complexity index is 3670. The first-order chi connectivity index (χ1) is 30.8. The van der Waals surface area contributed by atoms with E-state index in [2.05, 4.69) is 72.2 Å². The van der Waals surface area contributed by atoms with Gasteiger partial charge in [-0.25, -0.2) is 19.0 Å². The molecule has 0 bridgehead atoms. The summed E-state index contributed by atoms with van der Waals surface area (Å²) in [5, 5.41) is 20.6. The molecule has 7 aromatic carbocycles. The molecule has 0 saturated heterocycles. The summed E-state index contributed by atoms with van der Waals surface area (Å²) < 4.78 is 9.19. The zero-order valence-corrected chi connectivity index (χ0v) is 34.7. The molecule has 12 heteroatoms. The Balaban J connectivity index is 1.00. The molecular weight excluding hydrogens is 808 g/mol. The van der Waals surface area contributed by atoms with Crippen LogP contribution >= 0.6 is 11.6 Å². The van der Waals surface area contributed by atoms with Crippen molar-refractivity contribution < 1.29 is 14.3 Å². The lowest BCUT2D eigenvalue weighted by atomic mass is 9.99. The molecule has 11 aromatic rings. The number of benzene rings is 7. The number of halogens is 1. The van der Waals surface area contributed by atoms with Gasteiger partial charge in [0.05, 0.1) is 56.7 Å². The molecule has 11 rings (SSSR count). The van der Waals surface area contributed by atoms with Crippen molar-refractivity contribution in [3.8, 4) is 17.0 Å². The number of aromatic nitrogens is 6. The summed E-state index contributed by atoms with van der Waals surface area (Å²) in [6.07, 6.45) is 0.520. The highest BCUT2D eigenvalue weighted by Gasteiger charge is 2.20. The highest BCUT2D eigenvalue weighted by molar-refractivity contribution is 6.34. The fourth-order valence-corrected chi connectivity index (χ4v) is 8.54. The molecule has 0 aliphatic carbocycles. The number of nitrogens with one attached hydrogen (secondary N) is 2. The van der Waals surface area contributed by atoms with Gasteiger partial charge < -0.3 is 15.4 Å². The molecular formula is C51H35ClN8O3. The van der Waals surface area contributed by atoms with Crippen LogP contribution in [0.3, 0.4) is 0 Å². The molecule has 304 valence electrons. The lowest BCUT2D eigenvalue weighted by Crippen LogP contribution is -2.13. The second kappa shape index (κ2) is 15.1. The number of hydrogen-bond donors (Lipinski definition) is 2. The normalized spacial score (nSPS) is 11.6. The monoisotopic (exact) mass is 842 g/mol. The topological polar surface area (TPSA) is 128 Å². The molecule has 0 spiro atoms. The van der Waals surface area contributed by atoms with Crippen LogP contribution in [0.4, 0.5) is 11.4 Å². The van der Waals surface area contributed by atoms with E-state index in [1.165, 1.54) is 0 Å². The van der Waals surface area contributed by atoms with Gasteiger partial charge in [-0.2, -0.15) is 10.2 Å². The van der Waals surface area contributed by atoms with E-state index in [0.717, 1.165) is 66.3 Å². The quantitative estimate of drug-likeness (QED) is 0.156. The first-order valence-corrected chi connectivity index (χ1v) is 20.7. The lowest BCUT2D eigenvalue weighted by Gasteiger charge is -2.12. The van der Waals surface area contributed by atoms with Crippen molar-refractivity contribution in [1.29, 1.82) is 0 Å². The number of fused-ring (bicyclic) bond motifs is 10. The van der Waals surface area contributed by atoms with Crippen LogP contribution in [-0.4, -0.2) is 48.1 Å². The first-order valence-electron chi connectivity index (χ1n) is 20.3. The number of rotatable bonds is 8. The van der Waals surface area contributed by atoms with Gasteiger partial charge >= 0.3 is 0 Å². The minimum Gasteiger partial charge on any atom is -0.496 e. The van der Waals surface area contributed by atoms with Crippen molar-refractivity contribution in [2.45, 2.75) is 13.3 Å². The number of ether oxygens (including phenoxy) is 1. The maximum atomic E-state index is 13.2. The van der Waals surface area contributed by atoms with Gasteiger partial charge in [-0.15, -0.1) is 0 Å². The van der Waals surface area contributed by atoms with Crippen molar-refractivity contribution in [3.63, 3.8) is 0 Å². The van der Waals surface area contributed by atoms with E-state index in [1.807, 2.05) is 63.6 Å². The van der Waals surface area contributed by atoms with Crippen molar-refractivity contribution in [1.82, 2.24) is 29.2 Å². The molecule has 4 heterocycles. The zero-order valence-electron chi connectivity index (χ0n) is 33.9. The molecule has 0 saturated carbocycles. The molecule has 4 aromatic heterocycles. The summed E-state index contributed by atoms with van der Waals surface area (Å²) in [5.74, 6) is -0.0851. The van der Waals surface area contributed by atoms with Crippen LogP contribution in [0.15, 0.2) is 152 Å². The minimum absolute atomic E-state index is 0.276. The summed E-state index contributed by atoms with van der Waals surface area (Å²) in [6, 6.07) is 48.3. The van der Waals surface area contributed by atoms with Gasteiger partial charge in [0, 0.05) is 44.9 Å². The van der Waals surface area contributed by atoms with Gasteiger partial charge in [-0.05, 0) is 79.2 Å². The molecule has 0 radical (unpaired) electrons. The smallest absolute Gasteiger partial charge is 0.259 e. The fourth-order valence-electron chi connectivity index (χ4n) is 8.32. The molecule has 63 heavy (non-hydrogen) atoms. The summed E-state index contributed by atoms with van der Waals surface area (Å²) in [5.41, 5.74) is 11.3. The van der Waals surface area contributed by atoms with Gasteiger partial charge in [0.1, 0.15) is 5.75 Å². The Hall–Kier alpha value is -8.15. The number of carbonyl (C=O) groups is 2. The number of hydrogen-bond acceptors (Lipinski definition) is 7. The molecule has 0 aliphatic rings. The Labute approximate surface area is 364 Å². The Morgan fingerprint density at radius 1 is 0.603 bits per heavy atom. The Morgan fingerprint density at radius 3 is 1.90 bits per heavy atom. The second-order valence-corrected chi connectivity index (χ2v) is 15.9. The van der Waals surface area contributed by atoms with Crippen molar-refractivity contribution in [2.24, 2.45) is 0 Å². The van der Waals surface area contributed by atoms with Crippen LogP contribution in [-0.2, 0) is 6.42 Å². The number of para-hydroxylation sites is 1. The highest BCUT2D eigenvalue weighted by Crippen LogP contribution is 2.35. The van der Waals surface area contributed by atoms with Gasteiger partial charge in [0.25, 0.3) is 11.8 Å². The largest absolute Gasteiger partial charge is 0.496 e. The number of anilines is 2. The van der Waals surface area contributed by atoms with Gasteiger partial charge in [0.15, 0.2) is 11.3 Å². The van der Waals surface area contributed by atoms with Crippen LogP contribution in [0.25, 0.3) is 66.2 Å². The van der Waals surface area contributed by atoms with Gasteiger partial charge in [-0.3, -0.25) is 9.59 Å². The summed E-state index contributed by atoms with van der Waals surface area (Å²) in [6.45, 7) is 2.07. The number of imidazole rings is 2. The predicted octanol–water partition coefficient (Wildman–Crippen LogP) is 11.1. The zero-order chi connectivity index (χ0) is 42.8. The minimum atomic E-state index is -0.306. The van der Waals surface area contributed by atoms with Crippen molar-refractivity contribution >= 4 is 89.7 Å². The second-order valence-electron chi connectivity index (χ2n) is 15.5. The summed E-state index contributed by atoms with van der Waals surface area (Å²) in [7, 11) is 1.55. The van der Waals surface area contributed by atoms with E-state index < -0.39 is 0 Å². The third-order valence-electron chi connectivity index (χ3n) is 11.4. The molecule has 0 atom stereocenters. The van der Waals surface area contributed by atoms with Crippen LogP contribution in [0.5, 0.6) is 5.75 Å². The summed E-state index contributed by atoms with van der Waals surface area (Å²) in [4.78, 5) is 36.6. The standard InChI is InChI=1S/C51H35ClN8O3/c1-29-15-18-31(19-16-29)47-35-22-17-30(25-39(35)49-56-43-27-32(21-24-45(43)60(49)58-47)53-50(61)37-11-5-7-13-40(37)52)26-41-34-9-3-4-10-36(34)48-55-42-28-33(20-23-44(42)59(48)57-41)54-51(62)38-12-6-8-14-46(38)63-2/h3-25,27-28H,26H2,1-2H3,(H,53,61)(H,54,62). The predicted molar refractivity (Wildman–Crippen MR) is 249 cm³/mol. The van der Waals surface area contributed by atoms with Gasteiger partial charge in [0.2, 0.25) is 0 Å². The third-order valence-corrected chi connectivity index (χ3v) is 11.8. The van der Waals surface area contributed by atoms with E-state index in [9.17, 15) is 9.59 Å². The van der Waals surface area contributed by atoms with E-state index in [0.29, 0.717) is 56.4 Å². The molecule has 0 unspecified atom stereocenters. The van der Waals surface area contributed by atoms with E-state index in [-0.39, 0.29) is 11.8 Å². The Morgan fingerprint density at radius 2 is 1.21 bits per heavy atom. The van der Waals surface area contributed by atoms with E-state index >= 15 is 0 Å².